The minimum absolute atomic E-state index is 0.217. The molecule has 3 aromatic rings. The molecule has 2 amide bonds. The molecule has 174 valence electrons. The lowest BCUT2D eigenvalue weighted by molar-refractivity contribution is 0.0957. The van der Waals surface area contributed by atoms with Gasteiger partial charge in [0.05, 0.1) is 30.6 Å². The van der Waals surface area contributed by atoms with Crippen molar-refractivity contribution < 1.29 is 23.5 Å². The van der Waals surface area contributed by atoms with Gasteiger partial charge in [0.1, 0.15) is 0 Å². The van der Waals surface area contributed by atoms with E-state index in [1.54, 1.807) is 22.8 Å². The number of ether oxygens (including phenoxy) is 2. The van der Waals surface area contributed by atoms with E-state index in [0.717, 1.165) is 16.5 Å². The van der Waals surface area contributed by atoms with Crippen molar-refractivity contribution in [1.29, 1.82) is 0 Å². The summed E-state index contributed by atoms with van der Waals surface area (Å²) in [7, 11) is 0. The van der Waals surface area contributed by atoms with Gasteiger partial charge in [0, 0.05) is 11.9 Å². The number of hydrogen-bond acceptors (Lipinski definition) is 5. The number of benzene rings is 2. The van der Waals surface area contributed by atoms with Crippen LogP contribution in [0.3, 0.4) is 0 Å². The number of carbonyl (C=O) groups excluding carboxylic acids is 2. The molecule has 0 N–H and O–H groups in total. The zero-order valence-electron chi connectivity index (χ0n) is 19.8. The van der Waals surface area contributed by atoms with Crippen LogP contribution in [0.5, 0.6) is 5.75 Å². The van der Waals surface area contributed by atoms with Crippen molar-refractivity contribution in [3.8, 4) is 5.75 Å². The van der Waals surface area contributed by atoms with E-state index in [4.69, 9.17) is 13.9 Å². The lowest BCUT2D eigenvalue weighted by Gasteiger charge is -2.41. The van der Waals surface area contributed by atoms with Crippen molar-refractivity contribution in [3.63, 3.8) is 0 Å². The van der Waals surface area contributed by atoms with Crippen LogP contribution in [0.1, 0.15) is 48.9 Å². The normalized spacial score (nSPS) is 15.5. The van der Waals surface area contributed by atoms with Crippen molar-refractivity contribution in [2.45, 2.75) is 47.1 Å². The molecule has 1 aliphatic heterocycles. The summed E-state index contributed by atoms with van der Waals surface area (Å²) >= 11 is 0. The second kappa shape index (κ2) is 9.17. The molecule has 7 nitrogen and oxygen atoms in total. The number of furan rings is 1. The van der Waals surface area contributed by atoms with Crippen molar-refractivity contribution >= 4 is 34.3 Å². The van der Waals surface area contributed by atoms with Gasteiger partial charge in [-0.25, -0.2) is 4.79 Å². The summed E-state index contributed by atoms with van der Waals surface area (Å²) in [5.41, 5.74) is 3.98. The molecule has 0 aliphatic carbocycles. The molecule has 0 saturated heterocycles. The second-order valence-electron chi connectivity index (χ2n) is 8.19. The predicted molar refractivity (Wildman–Crippen MR) is 129 cm³/mol. The maximum absolute atomic E-state index is 13.7. The zero-order valence-corrected chi connectivity index (χ0v) is 19.8. The first-order valence-electron chi connectivity index (χ1n) is 11.4. The Kier molecular flexibility index (Phi) is 6.31. The Balaban J connectivity index is 1.80. The average Bonchev–Trinajstić information content (AvgIpc) is 3.24. The van der Waals surface area contributed by atoms with Gasteiger partial charge in [0.25, 0.3) is 5.91 Å². The topological polar surface area (TPSA) is 72.2 Å². The predicted octanol–water partition coefficient (Wildman–Crippen LogP) is 5.85. The van der Waals surface area contributed by atoms with Gasteiger partial charge in [-0.2, -0.15) is 0 Å². The number of anilines is 2. The van der Waals surface area contributed by atoms with E-state index in [1.165, 1.54) is 0 Å². The van der Waals surface area contributed by atoms with Gasteiger partial charge < -0.3 is 18.8 Å². The van der Waals surface area contributed by atoms with E-state index in [2.05, 4.69) is 0 Å². The standard InChI is InChI=1S/C26H30N2O5/c1-6-19-15-27(20-12-16(4)17(5)13-21(20)28(19)26(30)32-8-3)25(29)23-14-18-10-9-11-22(31-7-2)24(18)33-23/h9-14,19H,6-8,15H2,1-5H3. The smallest absolute Gasteiger partial charge is 0.414 e. The van der Waals surface area contributed by atoms with Gasteiger partial charge in [-0.15, -0.1) is 0 Å². The second-order valence-corrected chi connectivity index (χ2v) is 8.19. The van der Waals surface area contributed by atoms with Crippen LogP contribution >= 0.6 is 0 Å². The number of fused-ring (bicyclic) bond motifs is 2. The molecule has 1 atom stereocenters. The lowest BCUT2D eigenvalue weighted by atomic mass is 10.00. The third-order valence-electron chi connectivity index (χ3n) is 6.10. The summed E-state index contributed by atoms with van der Waals surface area (Å²) in [5, 5.41) is 0.807. The van der Waals surface area contributed by atoms with E-state index < -0.39 is 6.09 Å². The van der Waals surface area contributed by atoms with E-state index in [9.17, 15) is 9.59 Å². The quantitative estimate of drug-likeness (QED) is 0.488. The van der Waals surface area contributed by atoms with E-state index in [1.807, 2.05) is 58.0 Å². The van der Waals surface area contributed by atoms with Crippen LogP contribution in [-0.2, 0) is 4.74 Å². The van der Waals surface area contributed by atoms with Crippen LogP contribution in [0.25, 0.3) is 11.0 Å². The van der Waals surface area contributed by atoms with Gasteiger partial charge in [-0.05, 0) is 69.5 Å². The fraction of sp³-hybridized carbons (Fsp3) is 0.385. The van der Waals surface area contributed by atoms with Crippen LogP contribution in [0.15, 0.2) is 40.8 Å². The highest BCUT2D eigenvalue weighted by Gasteiger charge is 2.38. The summed E-state index contributed by atoms with van der Waals surface area (Å²) in [6.07, 6.45) is 0.273. The summed E-state index contributed by atoms with van der Waals surface area (Å²) in [4.78, 5) is 30.0. The molecule has 0 fully saturated rings. The van der Waals surface area contributed by atoms with Crippen LogP contribution in [-0.4, -0.2) is 37.8 Å². The van der Waals surface area contributed by atoms with E-state index in [0.29, 0.717) is 42.3 Å². The molecule has 0 bridgehead atoms. The first-order valence-corrected chi connectivity index (χ1v) is 11.4. The average molecular weight is 451 g/mol. The van der Waals surface area contributed by atoms with Crippen LogP contribution in [0.4, 0.5) is 16.2 Å². The summed E-state index contributed by atoms with van der Waals surface area (Å²) in [6.45, 7) is 10.8. The Morgan fingerprint density at radius 2 is 1.76 bits per heavy atom. The molecular formula is C26H30N2O5. The largest absolute Gasteiger partial charge is 0.490 e. The SMILES string of the molecule is CCOC(=O)N1c2cc(C)c(C)cc2N(C(=O)c2cc3cccc(OCC)c3o2)CC1CC. The summed E-state index contributed by atoms with van der Waals surface area (Å²) < 4.78 is 17.0. The molecule has 0 radical (unpaired) electrons. The highest BCUT2D eigenvalue weighted by Crippen LogP contribution is 2.40. The fourth-order valence-electron chi connectivity index (χ4n) is 4.27. The van der Waals surface area contributed by atoms with Crippen molar-refractivity contribution in [2.24, 2.45) is 0 Å². The number of aryl methyl sites for hydroxylation is 2. The van der Waals surface area contributed by atoms with Crippen LogP contribution in [0.2, 0.25) is 0 Å². The van der Waals surface area contributed by atoms with Gasteiger partial charge >= 0.3 is 6.09 Å². The van der Waals surface area contributed by atoms with Gasteiger partial charge in [0.2, 0.25) is 0 Å². The Hall–Kier alpha value is -3.48. The number of nitrogens with zero attached hydrogens (tertiary/aromatic N) is 2. The molecule has 4 rings (SSSR count). The molecule has 33 heavy (non-hydrogen) atoms. The van der Waals surface area contributed by atoms with Gasteiger partial charge in [0.15, 0.2) is 17.1 Å². The maximum Gasteiger partial charge on any atom is 0.414 e. The minimum Gasteiger partial charge on any atom is -0.490 e. The molecule has 1 aliphatic rings. The van der Waals surface area contributed by atoms with E-state index in [-0.39, 0.29) is 24.3 Å². The number of rotatable bonds is 5. The molecule has 7 heteroatoms. The molecular weight excluding hydrogens is 420 g/mol. The maximum atomic E-state index is 13.7. The third-order valence-corrected chi connectivity index (χ3v) is 6.10. The van der Waals surface area contributed by atoms with Crippen molar-refractivity contribution in [2.75, 3.05) is 29.6 Å². The minimum atomic E-state index is -0.397. The number of amides is 2. The molecule has 2 heterocycles. The first kappa shape index (κ1) is 22.7. The highest BCUT2D eigenvalue weighted by molar-refractivity contribution is 6.10. The monoisotopic (exact) mass is 450 g/mol. The van der Waals surface area contributed by atoms with Crippen molar-refractivity contribution in [3.05, 3.63) is 53.3 Å². The highest BCUT2D eigenvalue weighted by atomic mass is 16.6. The molecule has 1 unspecified atom stereocenters. The Morgan fingerprint density at radius 3 is 2.42 bits per heavy atom. The fourth-order valence-corrected chi connectivity index (χ4v) is 4.27. The Labute approximate surface area is 193 Å². The third kappa shape index (κ3) is 4.03. The first-order chi connectivity index (χ1) is 15.9. The number of hydrogen-bond donors (Lipinski definition) is 0. The zero-order chi connectivity index (χ0) is 23.7. The number of para-hydroxylation sites is 1. The molecule has 0 saturated carbocycles. The summed E-state index contributed by atoms with van der Waals surface area (Å²) in [5.74, 6) is 0.598. The Bertz CT molecular complexity index is 1200. The summed E-state index contributed by atoms with van der Waals surface area (Å²) in [6, 6.07) is 11.0. The molecule has 0 spiro atoms. The van der Waals surface area contributed by atoms with Gasteiger partial charge in [-0.1, -0.05) is 19.1 Å². The van der Waals surface area contributed by atoms with Crippen molar-refractivity contribution in [1.82, 2.24) is 0 Å². The number of carbonyl (C=O) groups is 2. The van der Waals surface area contributed by atoms with Crippen LogP contribution < -0.4 is 14.5 Å². The lowest BCUT2D eigenvalue weighted by Crippen LogP contribution is -2.53. The van der Waals surface area contributed by atoms with Crippen LogP contribution in [0, 0.1) is 13.8 Å². The molecule has 1 aromatic heterocycles. The Morgan fingerprint density at radius 1 is 1.03 bits per heavy atom. The van der Waals surface area contributed by atoms with Gasteiger partial charge in [-0.3, -0.25) is 9.69 Å². The van der Waals surface area contributed by atoms with E-state index >= 15 is 0 Å². The molecule has 2 aromatic carbocycles.